The second-order valence-electron chi connectivity index (χ2n) is 8.73. The molecule has 0 atom stereocenters. The van der Waals surface area contributed by atoms with Gasteiger partial charge in [0.15, 0.2) is 9.84 Å². The molecule has 0 spiro atoms. The van der Waals surface area contributed by atoms with Gasteiger partial charge in [0.1, 0.15) is 0 Å². The molecule has 0 aliphatic carbocycles. The van der Waals surface area contributed by atoms with E-state index in [1.54, 1.807) is 24.3 Å². The molecule has 11 heteroatoms. The number of aryl methyl sites for hydroxylation is 2. The van der Waals surface area contributed by atoms with E-state index in [9.17, 15) is 18.0 Å². The molecule has 0 saturated carbocycles. The van der Waals surface area contributed by atoms with Crippen LogP contribution >= 0.6 is 0 Å². The Kier molecular flexibility index (Phi) is 8.06. The van der Waals surface area contributed by atoms with Gasteiger partial charge in [0.05, 0.1) is 12.0 Å². The number of methoxy groups -OCH3 is 1. The van der Waals surface area contributed by atoms with Gasteiger partial charge >= 0.3 is 17.9 Å². The number of amides is 1. The molecular formula is C27H28N4O6S. The zero-order chi connectivity index (χ0) is 27.3. The van der Waals surface area contributed by atoms with Crippen LogP contribution in [0.1, 0.15) is 34.7 Å². The third-order valence-electron chi connectivity index (χ3n) is 6.04. The van der Waals surface area contributed by atoms with Gasteiger partial charge in [0.25, 0.3) is 0 Å². The van der Waals surface area contributed by atoms with Gasteiger partial charge in [-0.1, -0.05) is 52.2 Å². The van der Waals surface area contributed by atoms with Crippen LogP contribution in [-0.4, -0.2) is 48.7 Å². The van der Waals surface area contributed by atoms with Crippen LogP contribution in [0.4, 0.5) is 6.01 Å². The molecule has 2 heterocycles. The van der Waals surface area contributed by atoms with E-state index < -0.39 is 15.8 Å². The van der Waals surface area contributed by atoms with Gasteiger partial charge in [-0.2, -0.15) is 0 Å². The normalized spacial score (nSPS) is 11.8. The highest BCUT2D eigenvalue weighted by Crippen LogP contribution is 2.23. The highest BCUT2D eigenvalue weighted by Gasteiger charge is 2.24. The average Bonchev–Trinajstić information content (AvgIpc) is 3.52. The first-order valence-corrected chi connectivity index (χ1v) is 13.5. The highest BCUT2D eigenvalue weighted by atomic mass is 32.2. The summed E-state index contributed by atoms with van der Waals surface area (Å²) in [6.07, 6.45) is 4.10. The third kappa shape index (κ3) is 6.00. The van der Waals surface area contributed by atoms with Crippen LogP contribution in [0.5, 0.6) is 0 Å². The number of esters is 1. The van der Waals surface area contributed by atoms with Gasteiger partial charge < -0.3 is 13.7 Å². The quantitative estimate of drug-likeness (QED) is 0.279. The number of rotatable bonds is 10. The molecule has 1 amide bonds. The summed E-state index contributed by atoms with van der Waals surface area (Å²) in [4.78, 5) is 26.5. The molecule has 0 saturated heterocycles. The van der Waals surface area contributed by atoms with Crippen LogP contribution in [0.3, 0.4) is 0 Å². The molecule has 0 aliphatic rings. The van der Waals surface area contributed by atoms with Gasteiger partial charge in [-0.05, 0) is 43.5 Å². The lowest BCUT2D eigenvalue weighted by Gasteiger charge is -2.17. The molecule has 2 aromatic heterocycles. The van der Waals surface area contributed by atoms with Crippen molar-refractivity contribution in [2.45, 2.75) is 31.1 Å². The SMILES string of the molecule is COC(=O)c1nnc(N(CCc2cn(C)c3ccccc23)C(=O)CC/C=C/S(=O)(=O)c2ccc(C)cc2)o1. The second-order valence-corrected chi connectivity index (χ2v) is 10.6. The Morgan fingerprint density at radius 3 is 2.58 bits per heavy atom. The Hall–Kier alpha value is -4.25. The summed E-state index contributed by atoms with van der Waals surface area (Å²) >= 11 is 0. The number of fused-ring (bicyclic) bond motifs is 1. The van der Waals surface area contributed by atoms with Crippen molar-refractivity contribution >= 4 is 38.6 Å². The minimum atomic E-state index is -3.62. The predicted molar refractivity (Wildman–Crippen MR) is 141 cm³/mol. The molecule has 2 aromatic carbocycles. The van der Waals surface area contributed by atoms with Crippen molar-refractivity contribution in [1.29, 1.82) is 0 Å². The Morgan fingerprint density at radius 1 is 1.11 bits per heavy atom. The van der Waals surface area contributed by atoms with E-state index in [2.05, 4.69) is 14.9 Å². The first-order valence-electron chi connectivity index (χ1n) is 11.9. The summed E-state index contributed by atoms with van der Waals surface area (Å²) in [7, 11) is -0.483. The summed E-state index contributed by atoms with van der Waals surface area (Å²) < 4.78 is 37.1. The van der Waals surface area contributed by atoms with Crippen LogP contribution in [-0.2, 0) is 32.8 Å². The van der Waals surface area contributed by atoms with E-state index >= 15 is 0 Å². The highest BCUT2D eigenvalue weighted by molar-refractivity contribution is 7.94. The van der Waals surface area contributed by atoms with Crippen LogP contribution in [0.15, 0.2) is 75.5 Å². The molecule has 0 fully saturated rings. The molecule has 198 valence electrons. The van der Waals surface area contributed by atoms with Gasteiger partial charge in [-0.3, -0.25) is 9.69 Å². The Morgan fingerprint density at radius 2 is 1.84 bits per heavy atom. The Balaban J connectivity index is 1.49. The molecule has 0 N–H and O–H groups in total. The van der Waals surface area contributed by atoms with E-state index in [1.807, 2.05) is 49.0 Å². The van der Waals surface area contributed by atoms with Crippen molar-refractivity contribution in [2.75, 3.05) is 18.6 Å². The summed E-state index contributed by atoms with van der Waals surface area (Å²) in [5.41, 5.74) is 3.04. The first-order chi connectivity index (χ1) is 18.2. The standard InChI is InChI=1S/C27H28N4O6S/c1-19-11-13-21(14-12-19)38(34,35)17-7-6-10-24(32)31(27-29-28-25(37-27)26(33)36-3)16-15-20-18-30(2)23-9-5-4-8-22(20)23/h4-5,7-9,11-14,17-18H,6,10,15-16H2,1-3H3/b17-7+. The molecule has 4 aromatic rings. The number of benzene rings is 2. The summed E-state index contributed by atoms with van der Waals surface area (Å²) in [5, 5.41) is 9.72. The molecule has 10 nitrogen and oxygen atoms in total. The van der Waals surface area contributed by atoms with Crippen LogP contribution < -0.4 is 4.90 Å². The number of carbonyl (C=O) groups excluding carboxylic acids is 2. The number of aromatic nitrogens is 3. The van der Waals surface area contributed by atoms with E-state index in [0.717, 1.165) is 27.4 Å². The monoisotopic (exact) mass is 536 g/mol. The van der Waals surface area contributed by atoms with Crippen LogP contribution in [0.25, 0.3) is 10.9 Å². The number of sulfone groups is 1. The zero-order valence-corrected chi connectivity index (χ0v) is 22.1. The second kappa shape index (κ2) is 11.4. The number of nitrogens with zero attached hydrogens (tertiary/aromatic N) is 4. The number of hydrogen-bond acceptors (Lipinski definition) is 8. The lowest BCUT2D eigenvalue weighted by Crippen LogP contribution is -2.33. The van der Waals surface area contributed by atoms with E-state index in [-0.39, 0.29) is 42.1 Å². The smallest absolute Gasteiger partial charge is 0.396 e. The lowest BCUT2D eigenvalue weighted by atomic mass is 10.1. The molecule has 0 bridgehead atoms. The summed E-state index contributed by atoms with van der Waals surface area (Å²) in [6, 6.07) is 14.3. The summed E-state index contributed by atoms with van der Waals surface area (Å²) in [5.74, 6) is -1.54. The zero-order valence-electron chi connectivity index (χ0n) is 21.3. The summed E-state index contributed by atoms with van der Waals surface area (Å²) in [6.45, 7) is 2.09. The number of anilines is 1. The number of allylic oxidation sites excluding steroid dienone is 1. The number of para-hydroxylation sites is 1. The fraction of sp³-hybridized carbons (Fsp3) is 0.259. The number of ether oxygens (including phenoxy) is 1. The van der Waals surface area contributed by atoms with Gasteiger partial charge in [-0.15, -0.1) is 0 Å². The van der Waals surface area contributed by atoms with Gasteiger partial charge in [-0.25, -0.2) is 13.2 Å². The predicted octanol–water partition coefficient (Wildman–Crippen LogP) is 4.00. The Bertz CT molecular complexity index is 1590. The maximum atomic E-state index is 13.2. The maximum absolute atomic E-state index is 13.2. The molecular weight excluding hydrogens is 508 g/mol. The van der Waals surface area contributed by atoms with Crippen LogP contribution in [0, 0.1) is 6.92 Å². The first kappa shape index (κ1) is 26.8. The fourth-order valence-electron chi connectivity index (χ4n) is 4.02. The van der Waals surface area contributed by atoms with E-state index in [1.165, 1.54) is 18.1 Å². The minimum Gasteiger partial charge on any atom is -0.462 e. The molecule has 0 unspecified atom stereocenters. The van der Waals surface area contributed by atoms with Crippen molar-refractivity contribution in [1.82, 2.24) is 14.8 Å². The molecule has 0 radical (unpaired) electrons. The average molecular weight is 537 g/mol. The largest absolute Gasteiger partial charge is 0.462 e. The van der Waals surface area contributed by atoms with Crippen molar-refractivity contribution in [3.05, 3.63) is 83.2 Å². The molecule has 38 heavy (non-hydrogen) atoms. The third-order valence-corrected chi connectivity index (χ3v) is 7.52. The fourth-order valence-corrected chi connectivity index (χ4v) is 5.08. The lowest BCUT2D eigenvalue weighted by molar-refractivity contribution is -0.118. The van der Waals surface area contributed by atoms with Crippen molar-refractivity contribution in [2.24, 2.45) is 7.05 Å². The van der Waals surface area contributed by atoms with E-state index in [0.29, 0.717) is 6.42 Å². The maximum Gasteiger partial charge on any atom is 0.396 e. The van der Waals surface area contributed by atoms with Crippen LogP contribution in [0.2, 0.25) is 0 Å². The molecule has 4 rings (SSSR count). The van der Waals surface area contributed by atoms with Gasteiger partial charge in [0.2, 0.25) is 5.91 Å². The van der Waals surface area contributed by atoms with Crippen molar-refractivity contribution in [3.63, 3.8) is 0 Å². The topological polar surface area (TPSA) is 125 Å². The number of hydrogen-bond donors (Lipinski definition) is 0. The minimum absolute atomic E-state index is 0.00854. The van der Waals surface area contributed by atoms with Gasteiger partial charge in [0, 0.05) is 42.5 Å². The molecule has 0 aliphatic heterocycles. The van der Waals surface area contributed by atoms with Crippen molar-refractivity contribution in [3.8, 4) is 0 Å². The number of carbonyl (C=O) groups is 2. The van der Waals surface area contributed by atoms with E-state index in [4.69, 9.17) is 4.42 Å². The van der Waals surface area contributed by atoms with Crippen molar-refractivity contribution < 1.29 is 27.2 Å². The Labute approximate surface area is 220 Å².